The van der Waals surface area contributed by atoms with Crippen molar-refractivity contribution in [3.05, 3.63) is 76.7 Å². The molecule has 0 spiro atoms. The average Bonchev–Trinajstić information content (AvgIpc) is 2.76. The molecule has 3 rings (SSSR count). The summed E-state index contributed by atoms with van der Waals surface area (Å²) in [5.41, 5.74) is 3.90. The molecule has 3 nitrogen and oxygen atoms in total. The van der Waals surface area contributed by atoms with E-state index in [0.29, 0.717) is 6.54 Å². The van der Waals surface area contributed by atoms with Crippen molar-refractivity contribution < 1.29 is 0 Å². The monoisotopic (exact) mass is 250 g/mol. The number of aromatic nitrogens is 2. The van der Waals surface area contributed by atoms with Crippen molar-refractivity contribution in [3.63, 3.8) is 0 Å². The summed E-state index contributed by atoms with van der Waals surface area (Å²) >= 11 is 0. The molecule has 0 amide bonds. The Morgan fingerprint density at radius 1 is 1.11 bits per heavy atom. The SMILES string of the molecule is C=Cc1ccc(Cn2c(=O)[nH]c3ccccc32)cc1. The second-order valence-corrected chi connectivity index (χ2v) is 4.48. The third kappa shape index (κ3) is 2.10. The molecular weight excluding hydrogens is 236 g/mol. The summed E-state index contributed by atoms with van der Waals surface area (Å²) in [5, 5.41) is 0. The van der Waals surface area contributed by atoms with Gasteiger partial charge in [0.1, 0.15) is 0 Å². The molecule has 0 saturated carbocycles. The summed E-state index contributed by atoms with van der Waals surface area (Å²) < 4.78 is 1.75. The maximum absolute atomic E-state index is 12.0. The van der Waals surface area contributed by atoms with E-state index < -0.39 is 0 Å². The van der Waals surface area contributed by atoms with Crippen LogP contribution in [-0.4, -0.2) is 9.55 Å². The molecule has 0 fully saturated rings. The van der Waals surface area contributed by atoms with Crippen molar-refractivity contribution in [3.8, 4) is 0 Å². The first-order valence-corrected chi connectivity index (χ1v) is 6.17. The number of fused-ring (bicyclic) bond motifs is 1. The minimum atomic E-state index is -0.0750. The fourth-order valence-electron chi connectivity index (χ4n) is 2.21. The second kappa shape index (κ2) is 4.61. The highest BCUT2D eigenvalue weighted by Gasteiger charge is 2.06. The number of hydrogen-bond acceptors (Lipinski definition) is 1. The van der Waals surface area contributed by atoms with Gasteiger partial charge in [0, 0.05) is 0 Å². The Labute approximate surface area is 110 Å². The minimum Gasteiger partial charge on any atom is -0.306 e. The zero-order valence-electron chi connectivity index (χ0n) is 10.5. The van der Waals surface area contributed by atoms with Crippen LogP contribution in [0.5, 0.6) is 0 Å². The molecule has 0 saturated heterocycles. The summed E-state index contributed by atoms with van der Waals surface area (Å²) in [6, 6.07) is 15.8. The van der Waals surface area contributed by atoms with Crippen LogP contribution in [0.3, 0.4) is 0 Å². The van der Waals surface area contributed by atoms with E-state index >= 15 is 0 Å². The molecule has 3 heteroatoms. The van der Waals surface area contributed by atoms with Crippen LogP contribution < -0.4 is 5.69 Å². The summed E-state index contributed by atoms with van der Waals surface area (Å²) in [6.07, 6.45) is 1.81. The Balaban J connectivity index is 2.02. The van der Waals surface area contributed by atoms with Crippen LogP contribution in [0.25, 0.3) is 17.1 Å². The van der Waals surface area contributed by atoms with E-state index in [-0.39, 0.29) is 5.69 Å². The van der Waals surface area contributed by atoms with Gasteiger partial charge in [0.05, 0.1) is 17.6 Å². The van der Waals surface area contributed by atoms with Gasteiger partial charge in [-0.2, -0.15) is 0 Å². The highest BCUT2D eigenvalue weighted by Crippen LogP contribution is 2.12. The van der Waals surface area contributed by atoms with Crippen molar-refractivity contribution in [2.24, 2.45) is 0 Å². The van der Waals surface area contributed by atoms with Crippen LogP contribution in [0.15, 0.2) is 59.9 Å². The topological polar surface area (TPSA) is 37.8 Å². The molecule has 2 aromatic carbocycles. The number of H-pyrrole nitrogens is 1. The van der Waals surface area contributed by atoms with E-state index in [1.807, 2.05) is 54.6 Å². The maximum Gasteiger partial charge on any atom is 0.326 e. The van der Waals surface area contributed by atoms with Gasteiger partial charge in [-0.3, -0.25) is 4.57 Å². The number of para-hydroxylation sites is 2. The van der Waals surface area contributed by atoms with Gasteiger partial charge < -0.3 is 4.98 Å². The highest BCUT2D eigenvalue weighted by molar-refractivity contribution is 5.75. The van der Waals surface area contributed by atoms with Crippen LogP contribution >= 0.6 is 0 Å². The molecule has 0 aliphatic carbocycles. The quantitative estimate of drug-likeness (QED) is 0.762. The van der Waals surface area contributed by atoms with Gasteiger partial charge in [0.15, 0.2) is 0 Å². The van der Waals surface area contributed by atoms with Gasteiger partial charge in [-0.05, 0) is 23.3 Å². The first-order chi connectivity index (χ1) is 9.28. The van der Waals surface area contributed by atoms with Crippen molar-refractivity contribution in [2.75, 3.05) is 0 Å². The number of benzene rings is 2. The zero-order chi connectivity index (χ0) is 13.2. The van der Waals surface area contributed by atoms with Gasteiger partial charge >= 0.3 is 5.69 Å². The highest BCUT2D eigenvalue weighted by atomic mass is 16.1. The van der Waals surface area contributed by atoms with E-state index in [0.717, 1.165) is 22.2 Å². The van der Waals surface area contributed by atoms with Crippen molar-refractivity contribution in [2.45, 2.75) is 6.54 Å². The number of rotatable bonds is 3. The number of nitrogens with one attached hydrogen (secondary N) is 1. The molecule has 1 heterocycles. The molecular formula is C16H14N2O. The predicted molar refractivity (Wildman–Crippen MR) is 78.2 cm³/mol. The van der Waals surface area contributed by atoms with Gasteiger partial charge in [-0.1, -0.05) is 49.1 Å². The summed E-state index contributed by atoms with van der Waals surface area (Å²) in [7, 11) is 0. The standard InChI is InChI=1S/C16H14N2O/c1-2-12-7-9-13(10-8-12)11-18-15-6-4-3-5-14(15)17-16(18)19/h2-10H,1,11H2,(H,17,19). The van der Waals surface area contributed by atoms with Gasteiger partial charge in [-0.15, -0.1) is 0 Å². The van der Waals surface area contributed by atoms with Gasteiger partial charge in [0.2, 0.25) is 0 Å². The predicted octanol–water partition coefficient (Wildman–Crippen LogP) is 3.02. The molecule has 0 atom stereocenters. The zero-order valence-corrected chi connectivity index (χ0v) is 10.5. The van der Waals surface area contributed by atoms with E-state index in [9.17, 15) is 4.79 Å². The van der Waals surface area contributed by atoms with E-state index in [4.69, 9.17) is 0 Å². The lowest BCUT2D eigenvalue weighted by molar-refractivity contribution is 0.787. The smallest absolute Gasteiger partial charge is 0.306 e. The summed E-state index contributed by atoms with van der Waals surface area (Å²) in [4.78, 5) is 14.8. The molecule has 0 aliphatic heterocycles. The number of aromatic amines is 1. The van der Waals surface area contributed by atoms with Crippen molar-refractivity contribution in [1.29, 1.82) is 0 Å². The Kier molecular flexibility index (Phi) is 2.80. The van der Waals surface area contributed by atoms with E-state index in [1.54, 1.807) is 4.57 Å². The Morgan fingerprint density at radius 3 is 2.58 bits per heavy atom. The summed E-state index contributed by atoms with van der Waals surface area (Å²) in [5.74, 6) is 0. The molecule has 1 aromatic heterocycles. The Hall–Kier alpha value is -2.55. The Bertz CT molecular complexity index is 778. The maximum atomic E-state index is 12.0. The molecule has 1 N–H and O–H groups in total. The van der Waals surface area contributed by atoms with Crippen LogP contribution in [0.4, 0.5) is 0 Å². The minimum absolute atomic E-state index is 0.0750. The second-order valence-electron chi connectivity index (χ2n) is 4.48. The van der Waals surface area contributed by atoms with Crippen molar-refractivity contribution >= 4 is 17.1 Å². The first kappa shape index (κ1) is 11.5. The molecule has 0 unspecified atom stereocenters. The van der Waals surface area contributed by atoms with Crippen molar-refractivity contribution in [1.82, 2.24) is 9.55 Å². The number of imidazole rings is 1. The van der Waals surface area contributed by atoms with E-state index in [2.05, 4.69) is 11.6 Å². The average molecular weight is 250 g/mol. The van der Waals surface area contributed by atoms with E-state index in [1.165, 1.54) is 0 Å². The fraction of sp³-hybridized carbons (Fsp3) is 0.0625. The van der Waals surface area contributed by atoms with Crippen LogP contribution in [0.2, 0.25) is 0 Å². The fourth-order valence-corrected chi connectivity index (χ4v) is 2.21. The normalized spacial score (nSPS) is 10.7. The first-order valence-electron chi connectivity index (χ1n) is 6.17. The number of hydrogen-bond donors (Lipinski definition) is 1. The molecule has 0 radical (unpaired) electrons. The van der Waals surface area contributed by atoms with Gasteiger partial charge in [0.25, 0.3) is 0 Å². The van der Waals surface area contributed by atoms with Crippen LogP contribution in [0, 0.1) is 0 Å². The third-order valence-electron chi connectivity index (χ3n) is 3.24. The van der Waals surface area contributed by atoms with Gasteiger partial charge in [-0.25, -0.2) is 4.79 Å². The Morgan fingerprint density at radius 2 is 1.84 bits per heavy atom. The molecule has 94 valence electrons. The lowest BCUT2D eigenvalue weighted by Gasteiger charge is -2.04. The molecule has 0 bridgehead atoms. The molecule has 19 heavy (non-hydrogen) atoms. The summed E-state index contributed by atoms with van der Waals surface area (Å²) in [6.45, 7) is 4.30. The largest absolute Gasteiger partial charge is 0.326 e. The van der Waals surface area contributed by atoms with Crippen LogP contribution in [-0.2, 0) is 6.54 Å². The lowest BCUT2D eigenvalue weighted by atomic mass is 10.1. The lowest BCUT2D eigenvalue weighted by Crippen LogP contribution is -2.17. The third-order valence-corrected chi connectivity index (χ3v) is 3.24. The number of nitrogens with zero attached hydrogens (tertiary/aromatic N) is 1. The molecule has 3 aromatic rings. The van der Waals surface area contributed by atoms with Crippen LogP contribution in [0.1, 0.15) is 11.1 Å². The molecule has 0 aliphatic rings.